The van der Waals surface area contributed by atoms with Gasteiger partial charge in [-0.05, 0) is 38.0 Å². The maximum atomic E-state index is 12.7. The molecule has 4 nitrogen and oxygen atoms in total. The van der Waals surface area contributed by atoms with Gasteiger partial charge in [-0.15, -0.1) is 0 Å². The Kier molecular flexibility index (Phi) is 5.90. The summed E-state index contributed by atoms with van der Waals surface area (Å²) in [6.07, 6.45) is 5.92. The van der Waals surface area contributed by atoms with Crippen LogP contribution in [0.1, 0.15) is 49.4 Å². The monoisotopic (exact) mass is 291 g/mol. The van der Waals surface area contributed by atoms with E-state index in [1.807, 2.05) is 24.0 Å². The topological polar surface area (TPSA) is 38.8 Å². The molecule has 4 heteroatoms. The molecule has 0 aromatic heterocycles. The van der Waals surface area contributed by atoms with Crippen molar-refractivity contribution < 1.29 is 14.3 Å². The fraction of sp³-hybridized carbons (Fsp3) is 0.588. The summed E-state index contributed by atoms with van der Waals surface area (Å²) in [5, 5.41) is 0. The standard InChI is InChI=1S/C17H25NO3/c1-3-21-16-13-14(9-10-15(16)20-2)17(19)18-11-7-5-4-6-8-12-18/h9-10,13H,3-8,11-12H2,1-2H3. The van der Waals surface area contributed by atoms with Crippen LogP contribution in [-0.4, -0.2) is 37.6 Å². The molecule has 1 aliphatic rings. The fourth-order valence-corrected chi connectivity index (χ4v) is 2.71. The van der Waals surface area contributed by atoms with Crippen LogP contribution in [-0.2, 0) is 0 Å². The van der Waals surface area contributed by atoms with Gasteiger partial charge in [-0.2, -0.15) is 0 Å². The van der Waals surface area contributed by atoms with Crippen molar-refractivity contribution in [1.29, 1.82) is 0 Å². The predicted molar refractivity (Wildman–Crippen MR) is 83.2 cm³/mol. The molecule has 0 aliphatic carbocycles. The predicted octanol–water partition coefficient (Wildman–Crippen LogP) is 3.50. The Bertz CT molecular complexity index is 465. The lowest BCUT2D eigenvalue weighted by molar-refractivity contribution is 0.0742. The minimum atomic E-state index is 0.0977. The van der Waals surface area contributed by atoms with Gasteiger partial charge >= 0.3 is 0 Å². The molecule has 0 atom stereocenters. The van der Waals surface area contributed by atoms with Crippen molar-refractivity contribution >= 4 is 5.91 Å². The third kappa shape index (κ3) is 4.13. The van der Waals surface area contributed by atoms with Gasteiger partial charge in [0, 0.05) is 18.7 Å². The molecular formula is C17H25NO3. The van der Waals surface area contributed by atoms with Crippen molar-refractivity contribution in [2.24, 2.45) is 0 Å². The van der Waals surface area contributed by atoms with Gasteiger partial charge in [-0.25, -0.2) is 0 Å². The van der Waals surface area contributed by atoms with E-state index >= 15 is 0 Å². The van der Waals surface area contributed by atoms with Crippen molar-refractivity contribution in [3.05, 3.63) is 23.8 Å². The largest absolute Gasteiger partial charge is 0.493 e. The number of hydrogen-bond donors (Lipinski definition) is 0. The number of methoxy groups -OCH3 is 1. The lowest BCUT2D eigenvalue weighted by Crippen LogP contribution is -2.33. The van der Waals surface area contributed by atoms with E-state index in [4.69, 9.17) is 9.47 Å². The number of likely N-dealkylation sites (tertiary alicyclic amines) is 1. The summed E-state index contributed by atoms with van der Waals surface area (Å²) >= 11 is 0. The van der Waals surface area contributed by atoms with Gasteiger partial charge in [0.05, 0.1) is 13.7 Å². The molecule has 1 aromatic carbocycles. The molecule has 21 heavy (non-hydrogen) atoms. The number of amides is 1. The third-order valence-corrected chi connectivity index (χ3v) is 3.85. The Hall–Kier alpha value is -1.71. The first-order valence-electron chi connectivity index (χ1n) is 7.86. The van der Waals surface area contributed by atoms with Gasteiger partial charge in [0.1, 0.15) is 0 Å². The summed E-state index contributed by atoms with van der Waals surface area (Å²) in [5.41, 5.74) is 0.680. The number of ether oxygens (including phenoxy) is 2. The maximum absolute atomic E-state index is 12.7. The highest BCUT2D eigenvalue weighted by atomic mass is 16.5. The average Bonchev–Trinajstić information content (AvgIpc) is 2.46. The minimum Gasteiger partial charge on any atom is -0.493 e. The molecule has 0 N–H and O–H groups in total. The van der Waals surface area contributed by atoms with E-state index in [2.05, 4.69) is 0 Å². The average molecular weight is 291 g/mol. The third-order valence-electron chi connectivity index (χ3n) is 3.85. The highest BCUT2D eigenvalue weighted by molar-refractivity contribution is 5.95. The normalized spacial score (nSPS) is 16.0. The Balaban J connectivity index is 2.15. The fourth-order valence-electron chi connectivity index (χ4n) is 2.71. The van der Waals surface area contributed by atoms with Crippen LogP contribution in [0.25, 0.3) is 0 Å². The summed E-state index contributed by atoms with van der Waals surface area (Å²) in [6.45, 7) is 4.19. The quantitative estimate of drug-likeness (QED) is 0.852. The number of benzene rings is 1. The molecule has 1 heterocycles. The van der Waals surface area contributed by atoms with E-state index in [9.17, 15) is 4.79 Å². The molecule has 0 saturated carbocycles. The SMILES string of the molecule is CCOc1cc(C(=O)N2CCCCCCC2)ccc1OC. The van der Waals surface area contributed by atoms with E-state index in [0.717, 1.165) is 25.9 Å². The first-order valence-corrected chi connectivity index (χ1v) is 7.86. The molecule has 116 valence electrons. The molecule has 1 amide bonds. The van der Waals surface area contributed by atoms with Gasteiger partial charge in [0.15, 0.2) is 11.5 Å². The Morgan fingerprint density at radius 1 is 1.10 bits per heavy atom. The number of nitrogens with zero attached hydrogens (tertiary/aromatic N) is 1. The van der Waals surface area contributed by atoms with Crippen LogP contribution in [0.4, 0.5) is 0 Å². The second-order valence-electron chi connectivity index (χ2n) is 5.36. The Morgan fingerprint density at radius 3 is 2.38 bits per heavy atom. The maximum Gasteiger partial charge on any atom is 0.253 e. The van der Waals surface area contributed by atoms with Crippen molar-refractivity contribution in [1.82, 2.24) is 4.90 Å². The molecule has 0 spiro atoms. The van der Waals surface area contributed by atoms with Crippen LogP contribution in [0.15, 0.2) is 18.2 Å². The number of hydrogen-bond acceptors (Lipinski definition) is 3. The first kappa shape index (κ1) is 15.7. The van der Waals surface area contributed by atoms with Gasteiger partial charge in [-0.3, -0.25) is 4.79 Å². The van der Waals surface area contributed by atoms with E-state index in [1.165, 1.54) is 19.3 Å². The molecule has 2 rings (SSSR count). The Morgan fingerprint density at radius 2 is 1.76 bits per heavy atom. The van der Waals surface area contributed by atoms with Crippen LogP contribution in [0.5, 0.6) is 11.5 Å². The number of carbonyl (C=O) groups excluding carboxylic acids is 1. The van der Waals surface area contributed by atoms with Crippen molar-refractivity contribution in [2.45, 2.75) is 39.0 Å². The summed E-state index contributed by atoms with van der Waals surface area (Å²) in [7, 11) is 1.61. The number of rotatable bonds is 4. The zero-order valence-corrected chi connectivity index (χ0v) is 13.1. The highest BCUT2D eigenvalue weighted by Gasteiger charge is 2.18. The lowest BCUT2D eigenvalue weighted by atomic mass is 10.1. The second kappa shape index (κ2) is 7.91. The lowest BCUT2D eigenvalue weighted by Gasteiger charge is -2.25. The summed E-state index contributed by atoms with van der Waals surface area (Å²) in [6, 6.07) is 5.42. The Labute approximate surface area is 127 Å². The molecule has 1 aliphatic heterocycles. The van der Waals surface area contributed by atoms with Crippen LogP contribution < -0.4 is 9.47 Å². The summed E-state index contributed by atoms with van der Waals surface area (Å²) in [5.74, 6) is 1.40. The van der Waals surface area contributed by atoms with E-state index < -0.39 is 0 Å². The smallest absolute Gasteiger partial charge is 0.253 e. The van der Waals surface area contributed by atoms with Gasteiger partial charge in [0.25, 0.3) is 5.91 Å². The zero-order valence-electron chi connectivity index (χ0n) is 13.1. The van der Waals surface area contributed by atoms with E-state index in [-0.39, 0.29) is 5.91 Å². The molecule has 0 bridgehead atoms. The molecule has 0 radical (unpaired) electrons. The zero-order chi connectivity index (χ0) is 15.1. The number of carbonyl (C=O) groups is 1. The van der Waals surface area contributed by atoms with Gasteiger partial charge in [-0.1, -0.05) is 19.3 Å². The second-order valence-corrected chi connectivity index (χ2v) is 5.36. The first-order chi connectivity index (χ1) is 10.3. The van der Waals surface area contributed by atoms with Crippen molar-refractivity contribution in [3.8, 4) is 11.5 Å². The summed E-state index contributed by atoms with van der Waals surface area (Å²) in [4.78, 5) is 14.6. The minimum absolute atomic E-state index is 0.0977. The molecule has 0 unspecified atom stereocenters. The van der Waals surface area contributed by atoms with Crippen LogP contribution in [0.3, 0.4) is 0 Å². The summed E-state index contributed by atoms with van der Waals surface area (Å²) < 4.78 is 10.8. The van der Waals surface area contributed by atoms with E-state index in [1.54, 1.807) is 13.2 Å². The van der Waals surface area contributed by atoms with Crippen LogP contribution in [0, 0.1) is 0 Å². The van der Waals surface area contributed by atoms with Crippen molar-refractivity contribution in [2.75, 3.05) is 26.8 Å². The molecular weight excluding hydrogens is 266 g/mol. The molecule has 1 aromatic rings. The van der Waals surface area contributed by atoms with Crippen LogP contribution in [0.2, 0.25) is 0 Å². The van der Waals surface area contributed by atoms with Crippen molar-refractivity contribution in [3.63, 3.8) is 0 Å². The molecule has 1 fully saturated rings. The van der Waals surface area contributed by atoms with E-state index in [0.29, 0.717) is 23.7 Å². The van der Waals surface area contributed by atoms with Gasteiger partial charge in [0.2, 0.25) is 0 Å². The van der Waals surface area contributed by atoms with Crippen LogP contribution >= 0.6 is 0 Å². The molecule has 1 saturated heterocycles. The van der Waals surface area contributed by atoms with Gasteiger partial charge < -0.3 is 14.4 Å². The highest BCUT2D eigenvalue weighted by Crippen LogP contribution is 2.28.